The quantitative estimate of drug-likeness (QED) is 0.0947. The molecule has 0 saturated carbocycles. The summed E-state index contributed by atoms with van der Waals surface area (Å²) < 4.78 is 22.7. The Bertz CT molecular complexity index is 2430. The summed E-state index contributed by atoms with van der Waals surface area (Å²) in [5.74, 6) is 0.661. The number of ether oxygens (including phenoxy) is 1. The van der Waals surface area contributed by atoms with E-state index in [9.17, 15) is 0 Å². The van der Waals surface area contributed by atoms with Gasteiger partial charge in [-0.05, 0) is 63.2 Å². The SMILES string of the molecule is CC(C)(C)[Si](C)(C)OC[C@H]1O[C@@H](n2cnc3c(Nc4c5ccccc5c5ccc6cccc7ccc4c5c76)ncnc32)C[C@@H]1O[Si](C)(C)C(C)(C)C. The topological polar surface area (TPSA) is 83.3 Å². The van der Waals surface area contributed by atoms with Crippen LogP contribution in [0.4, 0.5) is 11.5 Å². The normalized spacial score (nSPS) is 19.2. The molecule has 270 valence electrons. The van der Waals surface area contributed by atoms with E-state index in [1.54, 1.807) is 6.33 Å². The Hall–Kier alpha value is -3.94. The zero-order valence-electron chi connectivity index (χ0n) is 32.2. The van der Waals surface area contributed by atoms with Crippen LogP contribution >= 0.6 is 0 Å². The van der Waals surface area contributed by atoms with Gasteiger partial charge in [-0.2, -0.15) is 0 Å². The Morgan fingerprint density at radius 2 is 1.42 bits per heavy atom. The predicted molar refractivity (Wildman–Crippen MR) is 220 cm³/mol. The first-order chi connectivity index (χ1) is 24.5. The molecule has 5 aromatic carbocycles. The molecule has 3 atom stereocenters. The Labute approximate surface area is 308 Å². The van der Waals surface area contributed by atoms with Crippen molar-refractivity contribution >= 4 is 82.4 Å². The minimum atomic E-state index is -2.10. The van der Waals surface area contributed by atoms with Gasteiger partial charge in [-0.1, -0.05) is 108 Å². The van der Waals surface area contributed by atoms with Gasteiger partial charge < -0.3 is 18.9 Å². The average Bonchev–Trinajstić information content (AvgIpc) is 3.70. The lowest BCUT2D eigenvalue weighted by molar-refractivity contribution is -0.0383. The van der Waals surface area contributed by atoms with Crippen molar-refractivity contribution in [3.8, 4) is 0 Å². The van der Waals surface area contributed by atoms with E-state index in [1.807, 2.05) is 6.33 Å². The van der Waals surface area contributed by atoms with Gasteiger partial charge in [0.05, 0.1) is 24.7 Å². The average molecular weight is 730 g/mol. The summed E-state index contributed by atoms with van der Waals surface area (Å²) in [5.41, 5.74) is 2.43. The Morgan fingerprint density at radius 3 is 2.12 bits per heavy atom. The molecule has 52 heavy (non-hydrogen) atoms. The van der Waals surface area contributed by atoms with E-state index in [1.165, 1.54) is 32.3 Å². The van der Waals surface area contributed by atoms with Gasteiger partial charge in [-0.3, -0.25) is 4.57 Å². The fourth-order valence-corrected chi connectivity index (χ4v) is 9.58. The number of nitrogens with zero attached hydrogens (tertiary/aromatic N) is 4. The number of benzene rings is 5. The Morgan fingerprint density at radius 1 is 0.750 bits per heavy atom. The van der Waals surface area contributed by atoms with E-state index in [0.717, 1.165) is 22.1 Å². The highest BCUT2D eigenvalue weighted by Gasteiger charge is 2.47. The van der Waals surface area contributed by atoms with E-state index in [-0.39, 0.29) is 28.5 Å². The molecule has 7 aromatic rings. The van der Waals surface area contributed by atoms with Crippen molar-refractivity contribution in [2.45, 2.75) is 103 Å². The summed E-state index contributed by atoms with van der Waals surface area (Å²) in [4.78, 5) is 14.5. The van der Waals surface area contributed by atoms with Crippen molar-refractivity contribution in [2.24, 2.45) is 0 Å². The smallest absolute Gasteiger partial charge is 0.192 e. The maximum atomic E-state index is 7.07. The summed E-state index contributed by atoms with van der Waals surface area (Å²) in [6.45, 7) is 23.4. The highest BCUT2D eigenvalue weighted by Crippen LogP contribution is 2.46. The van der Waals surface area contributed by atoms with Crippen LogP contribution in [0.15, 0.2) is 79.4 Å². The van der Waals surface area contributed by atoms with Gasteiger partial charge in [0.15, 0.2) is 33.6 Å². The molecule has 1 saturated heterocycles. The molecule has 2 aromatic heterocycles. The number of nitrogens with one attached hydrogen (secondary N) is 1. The lowest BCUT2D eigenvalue weighted by atomic mass is 9.90. The van der Waals surface area contributed by atoms with E-state index in [2.05, 4.69) is 144 Å². The maximum Gasteiger partial charge on any atom is 0.192 e. The van der Waals surface area contributed by atoms with Crippen LogP contribution < -0.4 is 5.32 Å². The van der Waals surface area contributed by atoms with Crippen LogP contribution in [-0.4, -0.2) is 55.0 Å². The van der Waals surface area contributed by atoms with Crippen molar-refractivity contribution in [1.82, 2.24) is 19.5 Å². The van der Waals surface area contributed by atoms with Gasteiger partial charge in [0, 0.05) is 22.6 Å². The summed E-state index contributed by atoms with van der Waals surface area (Å²) in [6.07, 6.45) is 3.56. The van der Waals surface area contributed by atoms with Gasteiger partial charge in [-0.15, -0.1) is 0 Å². The molecule has 1 aliphatic heterocycles. The number of hydrogen-bond donors (Lipinski definition) is 1. The summed E-state index contributed by atoms with van der Waals surface area (Å²) in [6, 6.07) is 24.1. The maximum absolute atomic E-state index is 7.07. The molecule has 1 N–H and O–H groups in total. The minimum Gasteiger partial charge on any atom is -0.414 e. The second-order valence-corrected chi connectivity index (χ2v) is 27.2. The molecule has 1 fully saturated rings. The lowest BCUT2D eigenvalue weighted by Crippen LogP contribution is -2.48. The highest BCUT2D eigenvalue weighted by atomic mass is 28.4. The third-order valence-corrected chi connectivity index (χ3v) is 21.3. The monoisotopic (exact) mass is 729 g/mol. The van der Waals surface area contributed by atoms with Crippen LogP contribution in [0.5, 0.6) is 0 Å². The zero-order chi connectivity index (χ0) is 36.8. The summed E-state index contributed by atoms with van der Waals surface area (Å²) >= 11 is 0. The third kappa shape index (κ3) is 5.79. The molecule has 0 radical (unpaired) electrons. The van der Waals surface area contributed by atoms with Gasteiger partial charge in [0.1, 0.15) is 18.7 Å². The van der Waals surface area contributed by atoms with Crippen molar-refractivity contribution in [3.63, 3.8) is 0 Å². The third-order valence-electron chi connectivity index (χ3n) is 12.3. The predicted octanol–water partition coefficient (Wildman–Crippen LogP) is 11.3. The van der Waals surface area contributed by atoms with E-state index >= 15 is 0 Å². The standard InChI is InChI=1S/C42H51N5O3Si2/c1-41(2,3)51(7,8)48-23-33-32(50-52(9,10)42(4,5)6)22-34(49-33)47-25-45-38-39(43-24-44-40(38)47)46-37-30-17-12-11-16-28(30)29-20-18-26-14-13-15-27-19-21-31(37)36(29)35(26)27/h11-21,24-25,32-34H,22-23H2,1-10H3,(H,43,44,46)/t32-,33+,34+/m0/s1. The molecule has 3 heterocycles. The van der Waals surface area contributed by atoms with Crippen molar-refractivity contribution in [2.75, 3.05) is 11.9 Å². The van der Waals surface area contributed by atoms with Crippen molar-refractivity contribution in [3.05, 3.63) is 79.4 Å². The second kappa shape index (κ2) is 12.3. The fourth-order valence-electron chi connectivity index (χ4n) is 7.21. The van der Waals surface area contributed by atoms with Gasteiger partial charge >= 0.3 is 0 Å². The zero-order valence-corrected chi connectivity index (χ0v) is 34.2. The lowest BCUT2D eigenvalue weighted by Gasteiger charge is -2.40. The van der Waals surface area contributed by atoms with Crippen LogP contribution in [0.1, 0.15) is 54.2 Å². The Balaban J connectivity index is 1.17. The number of hydrogen-bond acceptors (Lipinski definition) is 7. The number of aromatic nitrogens is 4. The van der Waals surface area contributed by atoms with Gasteiger partial charge in [0.2, 0.25) is 0 Å². The second-order valence-electron chi connectivity index (χ2n) is 17.6. The number of imidazole rings is 1. The first-order valence-electron chi connectivity index (χ1n) is 18.5. The highest BCUT2D eigenvalue weighted by molar-refractivity contribution is 6.74. The molecular weight excluding hydrogens is 679 g/mol. The molecule has 0 spiro atoms. The van der Waals surface area contributed by atoms with E-state index in [0.29, 0.717) is 24.4 Å². The van der Waals surface area contributed by atoms with Crippen LogP contribution in [0, 0.1) is 0 Å². The molecule has 8 nitrogen and oxygen atoms in total. The van der Waals surface area contributed by atoms with Crippen molar-refractivity contribution < 1.29 is 13.6 Å². The number of rotatable bonds is 8. The van der Waals surface area contributed by atoms with E-state index in [4.69, 9.17) is 28.5 Å². The van der Waals surface area contributed by atoms with Gasteiger partial charge in [0.25, 0.3) is 0 Å². The largest absolute Gasteiger partial charge is 0.414 e. The van der Waals surface area contributed by atoms with Crippen LogP contribution in [0.25, 0.3) is 54.3 Å². The molecule has 0 bridgehead atoms. The van der Waals surface area contributed by atoms with Crippen LogP contribution in [0.2, 0.25) is 36.3 Å². The number of anilines is 2. The van der Waals surface area contributed by atoms with Crippen LogP contribution in [-0.2, 0) is 13.6 Å². The fraction of sp³-hybridized carbons (Fsp3) is 0.405. The molecule has 0 amide bonds. The first kappa shape index (κ1) is 35.1. The number of fused-ring (bicyclic) bond motifs is 3. The van der Waals surface area contributed by atoms with E-state index < -0.39 is 16.6 Å². The van der Waals surface area contributed by atoms with Gasteiger partial charge in [-0.25, -0.2) is 15.0 Å². The van der Waals surface area contributed by atoms with Crippen molar-refractivity contribution in [1.29, 1.82) is 0 Å². The molecule has 0 aliphatic carbocycles. The molecule has 8 rings (SSSR count). The minimum absolute atomic E-state index is 0.0702. The molecule has 1 aliphatic rings. The molecule has 0 unspecified atom stereocenters. The molecule has 10 heteroatoms. The Kier molecular flexibility index (Phi) is 8.31. The first-order valence-corrected chi connectivity index (χ1v) is 24.4. The summed E-state index contributed by atoms with van der Waals surface area (Å²) in [5, 5.41) is 13.7. The molecular formula is C42H51N5O3Si2. The van der Waals surface area contributed by atoms with Crippen LogP contribution in [0.3, 0.4) is 0 Å². The summed E-state index contributed by atoms with van der Waals surface area (Å²) in [7, 11) is -4.11.